The van der Waals surface area contributed by atoms with Gasteiger partial charge in [-0.15, -0.1) is 12.4 Å². The van der Waals surface area contributed by atoms with Gasteiger partial charge >= 0.3 is 0 Å². The number of rotatable bonds is 8. The van der Waals surface area contributed by atoms with Crippen molar-refractivity contribution >= 4 is 24.0 Å². The molecule has 2 nitrogen and oxygen atoms in total. The van der Waals surface area contributed by atoms with E-state index in [1.54, 1.807) is 0 Å². The molecule has 0 aromatic heterocycles. The first-order chi connectivity index (χ1) is 10.6. The van der Waals surface area contributed by atoms with E-state index in [2.05, 4.69) is 31.3 Å². The van der Waals surface area contributed by atoms with E-state index in [9.17, 15) is 0 Å². The van der Waals surface area contributed by atoms with E-state index >= 15 is 0 Å². The summed E-state index contributed by atoms with van der Waals surface area (Å²) in [5.74, 6) is 1.64. The van der Waals surface area contributed by atoms with Gasteiger partial charge in [0.2, 0.25) is 0 Å². The van der Waals surface area contributed by atoms with Crippen molar-refractivity contribution in [3.63, 3.8) is 0 Å². The molecule has 0 aliphatic rings. The molecule has 0 spiro atoms. The molecule has 4 heteroatoms. The summed E-state index contributed by atoms with van der Waals surface area (Å²) in [6.07, 6.45) is 1.20. The van der Waals surface area contributed by atoms with Crippen LogP contribution in [0.3, 0.4) is 0 Å². The molecule has 23 heavy (non-hydrogen) atoms. The van der Waals surface area contributed by atoms with Gasteiger partial charge in [-0.05, 0) is 54.3 Å². The summed E-state index contributed by atoms with van der Waals surface area (Å²) in [6, 6.07) is 16.0. The fourth-order valence-corrected chi connectivity index (χ4v) is 2.24. The third-order valence-corrected chi connectivity index (χ3v) is 3.70. The molecular weight excluding hydrogens is 329 g/mol. The Kier molecular flexibility index (Phi) is 9.08. The smallest absolute Gasteiger partial charge is 0.120 e. The summed E-state index contributed by atoms with van der Waals surface area (Å²) in [5, 5.41) is 4.22. The van der Waals surface area contributed by atoms with Gasteiger partial charge in [0.15, 0.2) is 0 Å². The van der Waals surface area contributed by atoms with Crippen molar-refractivity contribution < 1.29 is 4.74 Å². The molecule has 0 unspecified atom stereocenters. The van der Waals surface area contributed by atoms with Crippen LogP contribution in [0.15, 0.2) is 48.5 Å². The maximum atomic E-state index is 5.88. The van der Waals surface area contributed by atoms with Crippen LogP contribution in [-0.2, 0) is 13.2 Å². The largest absolute Gasteiger partial charge is 0.489 e. The van der Waals surface area contributed by atoms with Gasteiger partial charge in [0.1, 0.15) is 12.4 Å². The van der Waals surface area contributed by atoms with E-state index in [4.69, 9.17) is 16.3 Å². The van der Waals surface area contributed by atoms with E-state index < -0.39 is 0 Å². The fraction of sp³-hybridized carbons (Fsp3) is 0.368. The first-order valence-corrected chi connectivity index (χ1v) is 8.18. The topological polar surface area (TPSA) is 21.3 Å². The van der Waals surface area contributed by atoms with Crippen LogP contribution in [-0.4, -0.2) is 6.54 Å². The predicted octanol–water partition coefficient (Wildman–Crippen LogP) is 5.48. The lowest BCUT2D eigenvalue weighted by Gasteiger charge is -2.10. The summed E-state index contributed by atoms with van der Waals surface area (Å²) in [4.78, 5) is 0. The number of nitrogens with one attached hydrogen (secondary N) is 1. The van der Waals surface area contributed by atoms with Gasteiger partial charge in [0.25, 0.3) is 0 Å². The molecule has 2 aromatic carbocycles. The maximum absolute atomic E-state index is 5.88. The van der Waals surface area contributed by atoms with E-state index in [1.807, 2.05) is 36.4 Å². The molecule has 2 rings (SSSR count). The molecule has 0 amide bonds. The number of ether oxygens (including phenoxy) is 1. The Balaban J connectivity index is 0.00000264. The Hall–Kier alpha value is -1.22. The van der Waals surface area contributed by atoms with Gasteiger partial charge in [0, 0.05) is 11.6 Å². The minimum atomic E-state index is 0. The normalized spacial score (nSPS) is 10.4. The van der Waals surface area contributed by atoms with Crippen molar-refractivity contribution in [1.29, 1.82) is 0 Å². The second kappa shape index (κ2) is 10.5. The van der Waals surface area contributed by atoms with Crippen molar-refractivity contribution in [3.8, 4) is 5.75 Å². The van der Waals surface area contributed by atoms with Crippen LogP contribution in [0.4, 0.5) is 0 Å². The lowest BCUT2D eigenvalue weighted by Crippen LogP contribution is -2.16. The van der Waals surface area contributed by atoms with E-state index in [0.29, 0.717) is 6.61 Å². The van der Waals surface area contributed by atoms with Crippen LogP contribution in [0, 0.1) is 5.92 Å². The van der Waals surface area contributed by atoms with Gasteiger partial charge in [-0.3, -0.25) is 0 Å². The predicted molar refractivity (Wildman–Crippen MR) is 101 cm³/mol. The van der Waals surface area contributed by atoms with Crippen LogP contribution in [0.25, 0.3) is 0 Å². The van der Waals surface area contributed by atoms with E-state index in [1.165, 1.54) is 12.0 Å². The Morgan fingerprint density at radius 1 is 1.04 bits per heavy atom. The minimum Gasteiger partial charge on any atom is -0.489 e. The van der Waals surface area contributed by atoms with Crippen molar-refractivity contribution in [1.82, 2.24) is 5.32 Å². The highest BCUT2D eigenvalue weighted by Crippen LogP contribution is 2.16. The van der Waals surface area contributed by atoms with Gasteiger partial charge in [-0.25, -0.2) is 0 Å². The summed E-state index contributed by atoms with van der Waals surface area (Å²) in [5.41, 5.74) is 2.36. The van der Waals surface area contributed by atoms with Gasteiger partial charge < -0.3 is 10.1 Å². The third kappa shape index (κ3) is 7.74. The molecule has 0 aliphatic heterocycles. The Bertz CT molecular complexity index is 570. The third-order valence-electron chi connectivity index (χ3n) is 3.44. The van der Waals surface area contributed by atoms with Crippen LogP contribution in [0.5, 0.6) is 5.75 Å². The number of benzene rings is 2. The molecule has 1 N–H and O–H groups in total. The summed E-state index contributed by atoms with van der Waals surface area (Å²) >= 11 is 5.88. The highest BCUT2D eigenvalue weighted by molar-refractivity contribution is 6.30. The standard InChI is InChI=1S/C19H24ClNO.ClH/c1-15(2)10-11-21-13-17-4-3-5-19(12-17)22-14-16-6-8-18(20)9-7-16;/h3-9,12,15,21H,10-11,13-14H2,1-2H3;1H. The average Bonchev–Trinajstić information content (AvgIpc) is 2.51. The molecular formula is C19H25Cl2NO. The highest BCUT2D eigenvalue weighted by atomic mass is 35.5. The van der Waals surface area contributed by atoms with Gasteiger partial charge in [0.05, 0.1) is 0 Å². The number of halogens is 2. The fourth-order valence-electron chi connectivity index (χ4n) is 2.12. The monoisotopic (exact) mass is 353 g/mol. The zero-order valence-electron chi connectivity index (χ0n) is 13.7. The Morgan fingerprint density at radius 3 is 2.48 bits per heavy atom. The van der Waals surface area contributed by atoms with Crippen molar-refractivity contribution in [2.75, 3.05) is 6.54 Å². The van der Waals surface area contributed by atoms with Crippen molar-refractivity contribution in [2.45, 2.75) is 33.4 Å². The SMILES string of the molecule is CC(C)CCNCc1cccc(OCc2ccc(Cl)cc2)c1.Cl. The van der Waals surface area contributed by atoms with Crippen LogP contribution in [0.2, 0.25) is 5.02 Å². The van der Waals surface area contributed by atoms with Crippen LogP contribution >= 0.6 is 24.0 Å². The lowest BCUT2D eigenvalue weighted by molar-refractivity contribution is 0.306. The summed E-state index contributed by atoms with van der Waals surface area (Å²) in [6.45, 7) is 6.97. The van der Waals surface area contributed by atoms with Crippen LogP contribution < -0.4 is 10.1 Å². The van der Waals surface area contributed by atoms with E-state index in [-0.39, 0.29) is 12.4 Å². The molecule has 0 radical (unpaired) electrons. The number of hydrogen-bond donors (Lipinski definition) is 1. The highest BCUT2D eigenvalue weighted by Gasteiger charge is 1.99. The molecule has 0 heterocycles. The Labute approximate surface area is 150 Å². The zero-order valence-corrected chi connectivity index (χ0v) is 15.3. The summed E-state index contributed by atoms with van der Waals surface area (Å²) < 4.78 is 5.85. The molecule has 126 valence electrons. The summed E-state index contributed by atoms with van der Waals surface area (Å²) in [7, 11) is 0. The molecule has 2 aromatic rings. The molecule has 0 saturated heterocycles. The Morgan fingerprint density at radius 2 is 1.78 bits per heavy atom. The second-order valence-electron chi connectivity index (χ2n) is 5.92. The van der Waals surface area contributed by atoms with E-state index in [0.717, 1.165) is 35.3 Å². The van der Waals surface area contributed by atoms with Gasteiger partial charge in [-0.1, -0.05) is 49.7 Å². The molecule has 0 bridgehead atoms. The minimum absolute atomic E-state index is 0. The van der Waals surface area contributed by atoms with Crippen molar-refractivity contribution in [2.24, 2.45) is 5.92 Å². The lowest BCUT2D eigenvalue weighted by atomic mass is 10.1. The molecule has 0 saturated carbocycles. The average molecular weight is 354 g/mol. The first kappa shape index (κ1) is 19.8. The molecule has 0 fully saturated rings. The first-order valence-electron chi connectivity index (χ1n) is 7.80. The second-order valence-corrected chi connectivity index (χ2v) is 6.36. The molecule has 0 atom stereocenters. The number of hydrogen-bond acceptors (Lipinski definition) is 2. The molecule has 0 aliphatic carbocycles. The zero-order chi connectivity index (χ0) is 15.8. The quantitative estimate of drug-likeness (QED) is 0.634. The maximum Gasteiger partial charge on any atom is 0.120 e. The van der Waals surface area contributed by atoms with Gasteiger partial charge in [-0.2, -0.15) is 0 Å². The van der Waals surface area contributed by atoms with Crippen molar-refractivity contribution in [3.05, 3.63) is 64.7 Å². The van der Waals surface area contributed by atoms with Crippen LogP contribution in [0.1, 0.15) is 31.4 Å².